The van der Waals surface area contributed by atoms with Gasteiger partial charge in [0.2, 0.25) is 0 Å². The second-order valence-electron chi connectivity index (χ2n) is 8.50. The molecule has 4 nitrogen and oxygen atoms in total. The highest BCUT2D eigenvalue weighted by Crippen LogP contribution is 2.59. The van der Waals surface area contributed by atoms with Gasteiger partial charge in [-0.3, -0.25) is 0 Å². The van der Waals surface area contributed by atoms with Crippen LogP contribution in [-0.4, -0.2) is 13.2 Å². The third kappa shape index (κ3) is 8.84. The van der Waals surface area contributed by atoms with Crippen LogP contribution < -0.4 is 9.47 Å². The molecule has 6 heteroatoms. The topological polar surface area (TPSA) is 66.0 Å². The lowest BCUT2D eigenvalue weighted by molar-refractivity contribution is 0.282. The zero-order valence-corrected chi connectivity index (χ0v) is 22.1. The Hall–Kier alpha value is -1.76. The summed E-state index contributed by atoms with van der Waals surface area (Å²) >= 11 is 2.93. The number of unbranched alkanes of at least 4 members (excludes halogenated alkanes) is 10. The van der Waals surface area contributed by atoms with Gasteiger partial charge in [0.15, 0.2) is 0 Å². The average Bonchev–Trinajstić information content (AvgIpc) is 3.25. The number of benzene rings is 1. The zero-order chi connectivity index (χ0) is 23.9. The number of nitrogens with zero attached hydrogens (tertiary/aromatic N) is 2. The smallest absolute Gasteiger partial charge is 0.150 e. The number of rotatable bonds is 16. The van der Waals surface area contributed by atoms with Gasteiger partial charge in [0.1, 0.15) is 29.2 Å². The third-order valence-electron chi connectivity index (χ3n) is 5.66. The zero-order valence-electron chi connectivity index (χ0n) is 20.5. The quantitative estimate of drug-likeness (QED) is 0.172. The molecule has 2 rings (SSSR count). The molecule has 0 radical (unpaired) electrons. The van der Waals surface area contributed by atoms with Crippen molar-refractivity contribution in [2.75, 3.05) is 13.2 Å². The van der Waals surface area contributed by atoms with E-state index in [0.29, 0.717) is 13.2 Å². The van der Waals surface area contributed by atoms with Gasteiger partial charge in [-0.25, -0.2) is 0 Å². The standard InChI is InChI=1S/C27H38N2O2S2/c1-4-6-8-10-12-14-16-30-23-18-21(3)24(31-17-15-13-11-9-7-5-2)26-25(23)32-27(33-26)22(19-28)20-29/h18H,4-17H2,1-3H3. The Balaban J connectivity index is 2.06. The summed E-state index contributed by atoms with van der Waals surface area (Å²) in [6.07, 6.45) is 14.7. The van der Waals surface area contributed by atoms with Gasteiger partial charge in [0.25, 0.3) is 0 Å². The van der Waals surface area contributed by atoms with Crippen LogP contribution in [0.2, 0.25) is 0 Å². The fraction of sp³-hybridized carbons (Fsp3) is 0.630. The molecule has 0 atom stereocenters. The number of hydrogen-bond donors (Lipinski definition) is 0. The maximum atomic E-state index is 9.36. The normalized spacial score (nSPS) is 12.2. The van der Waals surface area contributed by atoms with Crippen LogP contribution in [0.15, 0.2) is 25.7 Å². The largest absolute Gasteiger partial charge is 0.492 e. The van der Waals surface area contributed by atoms with Gasteiger partial charge in [0.05, 0.1) is 27.2 Å². The number of ether oxygens (including phenoxy) is 2. The number of hydrogen-bond acceptors (Lipinski definition) is 6. The Morgan fingerprint density at radius 3 is 1.85 bits per heavy atom. The van der Waals surface area contributed by atoms with Gasteiger partial charge in [-0.05, 0) is 31.4 Å². The highest BCUT2D eigenvalue weighted by Gasteiger charge is 2.30. The van der Waals surface area contributed by atoms with Gasteiger partial charge in [0, 0.05) is 0 Å². The number of allylic oxidation sites excluding steroid dienone is 1. The maximum Gasteiger partial charge on any atom is 0.150 e. The first-order chi connectivity index (χ1) is 16.2. The van der Waals surface area contributed by atoms with Gasteiger partial charge < -0.3 is 9.47 Å². The number of thioether (sulfide) groups is 2. The molecule has 0 fully saturated rings. The summed E-state index contributed by atoms with van der Waals surface area (Å²) in [7, 11) is 0. The van der Waals surface area contributed by atoms with E-state index >= 15 is 0 Å². The van der Waals surface area contributed by atoms with Crippen molar-refractivity contribution in [3.8, 4) is 23.6 Å². The van der Waals surface area contributed by atoms with Crippen molar-refractivity contribution in [3.05, 3.63) is 21.4 Å². The van der Waals surface area contributed by atoms with Crippen molar-refractivity contribution >= 4 is 23.5 Å². The van der Waals surface area contributed by atoms with Crippen LogP contribution in [0.25, 0.3) is 0 Å². The molecule has 180 valence electrons. The van der Waals surface area contributed by atoms with Gasteiger partial charge in [-0.1, -0.05) is 102 Å². The molecule has 0 bridgehead atoms. The maximum absolute atomic E-state index is 9.36. The first kappa shape index (κ1) is 27.5. The van der Waals surface area contributed by atoms with Crippen molar-refractivity contribution in [1.29, 1.82) is 10.5 Å². The van der Waals surface area contributed by atoms with E-state index < -0.39 is 0 Å². The number of aryl methyl sites for hydroxylation is 1. The van der Waals surface area contributed by atoms with E-state index in [4.69, 9.17) is 9.47 Å². The van der Waals surface area contributed by atoms with Crippen LogP contribution in [0, 0.1) is 29.6 Å². The molecule has 0 saturated carbocycles. The summed E-state index contributed by atoms with van der Waals surface area (Å²) in [5.41, 5.74) is 1.20. The molecule has 0 N–H and O–H groups in total. The lowest BCUT2D eigenvalue weighted by Crippen LogP contribution is -2.03. The van der Waals surface area contributed by atoms with Crippen molar-refractivity contribution in [1.82, 2.24) is 0 Å². The van der Waals surface area contributed by atoms with Crippen LogP contribution in [0.1, 0.15) is 96.5 Å². The van der Waals surface area contributed by atoms with E-state index in [0.717, 1.165) is 43.9 Å². The number of fused-ring (bicyclic) bond motifs is 1. The molecule has 33 heavy (non-hydrogen) atoms. The van der Waals surface area contributed by atoms with Crippen LogP contribution in [-0.2, 0) is 0 Å². The fourth-order valence-corrected chi connectivity index (χ4v) is 6.33. The minimum atomic E-state index is 0.155. The van der Waals surface area contributed by atoms with E-state index in [1.807, 2.05) is 12.1 Å². The summed E-state index contributed by atoms with van der Waals surface area (Å²) in [6.45, 7) is 7.89. The van der Waals surface area contributed by atoms with Crippen LogP contribution in [0.5, 0.6) is 11.5 Å². The highest BCUT2D eigenvalue weighted by atomic mass is 32.2. The SMILES string of the molecule is CCCCCCCCOc1cc(C)c(OCCCCCCCC)c2c1SC(=C(C#N)C#N)S2. The highest BCUT2D eigenvalue weighted by molar-refractivity contribution is 8.24. The lowest BCUT2D eigenvalue weighted by Gasteiger charge is -2.16. The second kappa shape index (κ2) is 16.0. The molecule has 1 aliphatic heterocycles. The minimum absolute atomic E-state index is 0.155. The molecule has 1 heterocycles. The van der Waals surface area contributed by atoms with E-state index in [2.05, 4.69) is 26.8 Å². The summed E-state index contributed by atoms with van der Waals surface area (Å²) in [5.74, 6) is 1.71. The molecule has 0 amide bonds. The van der Waals surface area contributed by atoms with Crippen LogP contribution >= 0.6 is 23.5 Å². The molecular formula is C27H38N2O2S2. The molecule has 0 aromatic heterocycles. The Morgan fingerprint density at radius 2 is 1.27 bits per heavy atom. The van der Waals surface area contributed by atoms with Gasteiger partial charge in [-0.2, -0.15) is 10.5 Å². The Labute approximate surface area is 209 Å². The molecule has 0 saturated heterocycles. The number of nitriles is 2. The van der Waals surface area contributed by atoms with Crippen molar-refractivity contribution in [2.45, 2.75) is 108 Å². The van der Waals surface area contributed by atoms with E-state index in [1.165, 1.54) is 87.7 Å². The third-order valence-corrected chi connectivity index (χ3v) is 8.27. The molecule has 1 aliphatic rings. The van der Waals surface area contributed by atoms with Gasteiger partial charge >= 0.3 is 0 Å². The molecule has 0 unspecified atom stereocenters. The minimum Gasteiger partial charge on any atom is -0.492 e. The second-order valence-corrected chi connectivity index (χ2v) is 10.8. The first-order valence-electron chi connectivity index (χ1n) is 12.5. The fourth-order valence-electron chi connectivity index (χ4n) is 3.74. The average molecular weight is 487 g/mol. The van der Waals surface area contributed by atoms with Gasteiger partial charge in [-0.15, -0.1) is 0 Å². The predicted molar refractivity (Wildman–Crippen MR) is 139 cm³/mol. The summed E-state index contributed by atoms with van der Waals surface area (Å²) in [6, 6.07) is 6.12. The monoisotopic (exact) mass is 486 g/mol. The summed E-state index contributed by atoms with van der Waals surface area (Å²) < 4.78 is 13.1. The molecule has 1 aromatic carbocycles. The van der Waals surface area contributed by atoms with Crippen molar-refractivity contribution in [2.24, 2.45) is 0 Å². The molecule has 0 aliphatic carbocycles. The van der Waals surface area contributed by atoms with E-state index in [-0.39, 0.29) is 5.57 Å². The van der Waals surface area contributed by atoms with Crippen LogP contribution in [0.4, 0.5) is 0 Å². The van der Waals surface area contributed by atoms with E-state index in [1.54, 1.807) is 0 Å². The summed E-state index contributed by atoms with van der Waals surface area (Å²) in [5, 5.41) is 18.7. The van der Waals surface area contributed by atoms with Crippen LogP contribution in [0.3, 0.4) is 0 Å². The first-order valence-corrected chi connectivity index (χ1v) is 14.1. The molecule has 0 spiro atoms. The Kier molecular flexibility index (Phi) is 13.3. The Morgan fingerprint density at radius 1 is 0.758 bits per heavy atom. The lowest BCUT2D eigenvalue weighted by atomic mass is 10.1. The summed E-state index contributed by atoms with van der Waals surface area (Å²) in [4.78, 5) is 1.97. The van der Waals surface area contributed by atoms with E-state index in [9.17, 15) is 10.5 Å². The van der Waals surface area contributed by atoms with Crippen molar-refractivity contribution in [3.63, 3.8) is 0 Å². The molecular weight excluding hydrogens is 448 g/mol. The Bertz CT molecular complexity index is 852. The predicted octanol–water partition coefficient (Wildman–Crippen LogP) is 8.93. The molecule has 1 aromatic rings. The van der Waals surface area contributed by atoms with Crippen molar-refractivity contribution < 1.29 is 9.47 Å².